The summed E-state index contributed by atoms with van der Waals surface area (Å²) in [6.45, 7) is 3.27. The van der Waals surface area contributed by atoms with Crippen molar-refractivity contribution in [1.29, 1.82) is 0 Å². The van der Waals surface area contributed by atoms with E-state index >= 15 is 0 Å². The summed E-state index contributed by atoms with van der Waals surface area (Å²) in [6.07, 6.45) is 11.4. The molecule has 0 aliphatic heterocycles. The van der Waals surface area contributed by atoms with Gasteiger partial charge in [0, 0.05) is 30.7 Å². The molecule has 3 nitrogen and oxygen atoms in total. The van der Waals surface area contributed by atoms with Crippen LogP contribution < -0.4 is 0 Å². The Morgan fingerprint density at radius 3 is 3.00 bits per heavy atom. The summed E-state index contributed by atoms with van der Waals surface area (Å²) in [7, 11) is 0. The second kappa shape index (κ2) is 5.45. The maximum Gasteiger partial charge on any atom is 0.0953 e. The molecule has 2 aromatic rings. The molecule has 0 N–H and O–H groups in total. The van der Waals surface area contributed by atoms with Crippen molar-refractivity contribution >= 4 is 0 Å². The number of nitrogens with zero attached hydrogens (tertiary/aromatic N) is 3. The van der Waals surface area contributed by atoms with Crippen LogP contribution in [0, 0.1) is 0 Å². The largest absolute Gasteiger partial charge is 0.337 e. The summed E-state index contributed by atoms with van der Waals surface area (Å²) in [5.41, 5.74) is 2.08. The van der Waals surface area contributed by atoms with Crippen LogP contribution in [0.3, 0.4) is 0 Å². The van der Waals surface area contributed by atoms with Gasteiger partial charge in [-0.25, -0.2) is 4.98 Å². The van der Waals surface area contributed by atoms with Crippen LogP contribution in [-0.2, 0) is 6.54 Å². The van der Waals surface area contributed by atoms with Crippen molar-refractivity contribution in [2.24, 2.45) is 0 Å². The molecule has 0 aliphatic rings. The standard InChI is InChI=1S/C13H17N3/c1-2-3-4-8-16-10-13(15-11-16)12-6-5-7-14-9-12/h5-7,9-11H,2-4,8H2,1H3. The molecule has 2 rings (SSSR count). The van der Waals surface area contributed by atoms with E-state index in [4.69, 9.17) is 0 Å². The predicted molar refractivity (Wildman–Crippen MR) is 65.0 cm³/mol. The van der Waals surface area contributed by atoms with Gasteiger partial charge in [-0.2, -0.15) is 0 Å². The number of pyridine rings is 1. The van der Waals surface area contributed by atoms with E-state index in [1.165, 1.54) is 19.3 Å². The quantitative estimate of drug-likeness (QED) is 0.717. The van der Waals surface area contributed by atoms with Gasteiger partial charge in [0.05, 0.1) is 12.0 Å². The third kappa shape index (κ3) is 2.69. The van der Waals surface area contributed by atoms with Crippen molar-refractivity contribution in [3.63, 3.8) is 0 Å². The van der Waals surface area contributed by atoms with E-state index in [9.17, 15) is 0 Å². The number of hydrogen-bond donors (Lipinski definition) is 0. The van der Waals surface area contributed by atoms with Gasteiger partial charge in [0.1, 0.15) is 0 Å². The van der Waals surface area contributed by atoms with E-state index in [1.807, 2.05) is 24.7 Å². The van der Waals surface area contributed by atoms with E-state index in [2.05, 4.69) is 27.7 Å². The van der Waals surface area contributed by atoms with Crippen LogP contribution >= 0.6 is 0 Å². The summed E-state index contributed by atoms with van der Waals surface area (Å²) in [5.74, 6) is 0. The zero-order valence-electron chi connectivity index (χ0n) is 9.63. The van der Waals surface area contributed by atoms with Crippen LogP contribution in [-0.4, -0.2) is 14.5 Å². The molecule has 0 aliphatic carbocycles. The first-order chi connectivity index (χ1) is 7.90. The maximum atomic E-state index is 4.39. The number of imidazole rings is 1. The highest BCUT2D eigenvalue weighted by Gasteiger charge is 2.01. The molecule has 0 bridgehead atoms. The van der Waals surface area contributed by atoms with Crippen molar-refractivity contribution in [3.8, 4) is 11.3 Å². The van der Waals surface area contributed by atoms with Gasteiger partial charge in [0.2, 0.25) is 0 Å². The Bertz CT molecular complexity index is 420. The average molecular weight is 215 g/mol. The Balaban J connectivity index is 2.02. The lowest BCUT2D eigenvalue weighted by molar-refractivity contribution is 0.602. The molecule has 16 heavy (non-hydrogen) atoms. The van der Waals surface area contributed by atoms with Crippen LogP contribution in [0.4, 0.5) is 0 Å². The first-order valence-corrected chi connectivity index (χ1v) is 5.82. The molecule has 2 aromatic heterocycles. The molecule has 2 heterocycles. The number of hydrogen-bond acceptors (Lipinski definition) is 2. The Kier molecular flexibility index (Phi) is 3.70. The minimum absolute atomic E-state index is 1.00. The lowest BCUT2D eigenvalue weighted by atomic mass is 10.2. The summed E-state index contributed by atoms with van der Waals surface area (Å²) in [5, 5.41) is 0. The second-order valence-corrected chi connectivity index (χ2v) is 3.95. The summed E-state index contributed by atoms with van der Waals surface area (Å²) >= 11 is 0. The van der Waals surface area contributed by atoms with E-state index in [0.717, 1.165) is 17.8 Å². The summed E-state index contributed by atoms with van der Waals surface area (Å²) in [4.78, 5) is 8.48. The molecular formula is C13H17N3. The highest BCUT2D eigenvalue weighted by atomic mass is 15.0. The van der Waals surface area contributed by atoms with Crippen molar-refractivity contribution in [2.45, 2.75) is 32.7 Å². The van der Waals surface area contributed by atoms with E-state index in [1.54, 1.807) is 6.20 Å². The molecule has 0 saturated carbocycles. The monoisotopic (exact) mass is 215 g/mol. The van der Waals surface area contributed by atoms with Gasteiger partial charge in [-0.1, -0.05) is 19.8 Å². The van der Waals surface area contributed by atoms with Gasteiger partial charge in [-0.15, -0.1) is 0 Å². The number of aromatic nitrogens is 3. The maximum absolute atomic E-state index is 4.39. The number of aryl methyl sites for hydroxylation is 1. The van der Waals surface area contributed by atoms with Crippen molar-refractivity contribution in [2.75, 3.05) is 0 Å². The minimum Gasteiger partial charge on any atom is -0.337 e. The predicted octanol–water partition coefficient (Wildman–Crippen LogP) is 3.14. The van der Waals surface area contributed by atoms with Crippen molar-refractivity contribution < 1.29 is 0 Å². The lowest BCUT2D eigenvalue weighted by Crippen LogP contribution is -1.93. The van der Waals surface area contributed by atoms with Crippen LogP contribution in [0.25, 0.3) is 11.3 Å². The summed E-state index contributed by atoms with van der Waals surface area (Å²) < 4.78 is 2.15. The number of rotatable bonds is 5. The van der Waals surface area contributed by atoms with Gasteiger partial charge in [0.25, 0.3) is 0 Å². The highest BCUT2D eigenvalue weighted by Crippen LogP contribution is 2.15. The molecule has 84 valence electrons. The van der Waals surface area contributed by atoms with Gasteiger partial charge in [0.15, 0.2) is 0 Å². The van der Waals surface area contributed by atoms with Crippen LogP contribution in [0.5, 0.6) is 0 Å². The zero-order valence-corrected chi connectivity index (χ0v) is 9.63. The molecule has 3 heteroatoms. The Morgan fingerprint density at radius 1 is 1.31 bits per heavy atom. The fraction of sp³-hybridized carbons (Fsp3) is 0.385. The average Bonchev–Trinajstić information content (AvgIpc) is 2.79. The Morgan fingerprint density at radius 2 is 2.25 bits per heavy atom. The number of unbranched alkanes of at least 4 members (excludes halogenated alkanes) is 2. The van der Waals surface area contributed by atoms with Crippen molar-refractivity contribution in [1.82, 2.24) is 14.5 Å². The first-order valence-electron chi connectivity index (χ1n) is 5.82. The molecule has 0 spiro atoms. The first kappa shape index (κ1) is 10.9. The molecule has 0 amide bonds. The fourth-order valence-corrected chi connectivity index (χ4v) is 1.69. The van der Waals surface area contributed by atoms with Gasteiger partial charge < -0.3 is 4.57 Å². The van der Waals surface area contributed by atoms with Gasteiger partial charge in [-0.05, 0) is 18.6 Å². The zero-order chi connectivity index (χ0) is 11.2. The molecule has 0 unspecified atom stereocenters. The molecule has 0 fully saturated rings. The van der Waals surface area contributed by atoms with Crippen LogP contribution in [0.2, 0.25) is 0 Å². The Hall–Kier alpha value is -1.64. The molecule has 0 atom stereocenters. The normalized spacial score (nSPS) is 10.6. The lowest BCUT2D eigenvalue weighted by Gasteiger charge is -1.99. The van der Waals surface area contributed by atoms with Crippen LogP contribution in [0.1, 0.15) is 26.2 Å². The van der Waals surface area contributed by atoms with Gasteiger partial charge >= 0.3 is 0 Å². The third-order valence-electron chi connectivity index (χ3n) is 2.61. The summed E-state index contributed by atoms with van der Waals surface area (Å²) in [6, 6.07) is 3.97. The van der Waals surface area contributed by atoms with Crippen LogP contribution in [0.15, 0.2) is 37.1 Å². The second-order valence-electron chi connectivity index (χ2n) is 3.95. The molecular weight excluding hydrogens is 198 g/mol. The van der Waals surface area contributed by atoms with E-state index in [0.29, 0.717) is 0 Å². The highest BCUT2D eigenvalue weighted by molar-refractivity contribution is 5.56. The Labute approximate surface area is 96.2 Å². The van der Waals surface area contributed by atoms with Gasteiger partial charge in [-0.3, -0.25) is 4.98 Å². The smallest absolute Gasteiger partial charge is 0.0953 e. The van der Waals surface area contributed by atoms with E-state index in [-0.39, 0.29) is 0 Å². The van der Waals surface area contributed by atoms with E-state index < -0.39 is 0 Å². The fourth-order valence-electron chi connectivity index (χ4n) is 1.69. The SMILES string of the molecule is CCCCCn1cnc(-c2cccnc2)c1. The molecule has 0 radical (unpaired) electrons. The molecule has 0 aromatic carbocycles. The minimum atomic E-state index is 1.00. The molecule has 0 saturated heterocycles. The van der Waals surface area contributed by atoms with Crippen molar-refractivity contribution in [3.05, 3.63) is 37.1 Å². The topological polar surface area (TPSA) is 30.7 Å². The third-order valence-corrected chi connectivity index (χ3v) is 2.61.